The molecule has 2 rings (SSSR count). The monoisotopic (exact) mass is 185 g/mol. The van der Waals surface area contributed by atoms with E-state index in [0.29, 0.717) is 10.3 Å². The summed E-state index contributed by atoms with van der Waals surface area (Å²) in [7, 11) is 0. The lowest BCUT2D eigenvalue weighted by atomic mass is 10.2. The van der Waals surface area contributed by atoms with Crippen LogP contribution in [0.15, 0.2) is 24.3 Å². The van der Waals surface area contributed by atoms with E-state index in [1.165, 1.54) is 0 Å². The first-order valence-corrected chi connectivity index (χ1v) is 3.96. The molecular formula is C8H5Cl2N. The van der Waals surface area contributed by atoms with Gasteiger partial charge in [0.05, 0.1) is 0 Å². The van der Waals surface area contributed by atoms with E-state index < -0.39 is 0 Å². The average Bonchev–Trinajstić information content (AvgIpc) is 2.30. The van der Waals surface area contributed by atoms with Gasteiger partial charge < -0.3 is 4.98 Å². The van der Waals surface area contributed by atoms with Gasteiger partial charge >= 0.3 is 0 Å². The van der Waals surface area contributed by atoms with Gasteiger partial charge in [-0.15, -0.1) is 0 Å². The minimum atomic E-state index is 0.602. The molecule has 1 aromatic carbocycles. The van der Waals surface area contributed by atoms with E-state index >= 15 is 0 Å². The molecule has 0 unspecified atom stereocenters. The van der Waals surface area contributed by atoms with Crippen molar-refractivity contribution in [2.45, 2.75) is 0 Å². The Morgan fingerprint density at radius 1 is 0.909 bits per heavy atom. The first-order chi connectivity index (χ1) is 5.29. The molecule has 0 aliphatic heterocycles. The van der Waals surface area contributed by atoms with Crippen LogP contribution in [0.1, 0.15) is 0 Å². The van der Waals surface area contributed by atoms with Gasteiger partial charge in [0.1, 0.15) is 10.3 Å². The Bertz CT molecular complexity index is 356. The van der Waals surface area contributed by atoms with Crippen LogP contribution in [0.5, 0.6) is 0 Å². The molecule has 0 aliphatic rings. The van der Waals surface area contributed by atoms with Gasteiger partial charge in [-0.2, -0.15) is 0 Å². The minimum absolute atomic E-state index is 0.602. The highest BCUT2D eigenvalue weighted by Gasteiger charge is 2.04. The fraction of sp³-hybridized carbons (Fsp3) is 0. The van der Waals surface area contributed by atoms with Crippen LogP contribution in [0.3, 0.4) is 0 Å². The standard InChI is InChI=1S/C8H5Cl2N/c9-7-5-3-1-2-4-6(5)8(10)11-7/h1-4,11H. The maximum absolute atomic E-state index is 5.84. The van der Waals surface area contributed by atoms with Crippen LogP contribution < -0.4 is 0 Å². The molecule has 0 saturated carbocycles. The molecule has 0 spiro atoms. The lowest BCUT2D eigenvalue weighted by Gasteiger charge is -1.86. The van der Waals surface area contributed by atoms with Crippen molar-refractivity contribution in [2.24, 2.45) is 0 Å². The van der Waals surface area contributed by atoms with Crippen molar-refractivity contribution < 1.29 is 0 Å². The number of benzene rings is 1. The quantitative estimate of drug-likeness (QED) is 0.648. The van der Waals surface area contributed by atoms with Crippen LogP contribution in [0.2, 0.25) is 10.3 Å². The Balaban J connectivity index is 2.95. The maximum Gasteiger partial charge on any atom is 0.115 e. The highest BCUT2D eigenvalue weighted by molar-refractivity contribution is 6.40. The first-order valence-electron chi connectivity index (χ1n) is 3.21. The van der Waals surface area contributed by atoms with Gasteiger partial charge in [-0.1, -0.05) is 47.5 Å². The molecule has 1 aromatic heterocycles. The van der Waals surface area contributed by atoms with Crippen LogP contribution in [0, 0.1) is 0 Å². The van der Waals surface area contributed by atoms with Gasteiger partial charge in [-0.25, -0.2) is 0 Å². The third kappa shape index (κ3) is 1.01. The second kappa shape index (κ2) is 2.43. The number of aromatic amines is 1. The summed E-state index contributed by atoms with van der Waals surface area (Å²) in [6.07, 6.45) is 0. The molecule has 0 radical (unpaired) electrons. The molecule has 0 aliphatic carbocycles. The summed E-state index contributed by atoms with van der Waals surface area (Å²) >= 11 is 11.7. The van der Waals surface area contributed by atoms with Crippen molar-refractivity contribution in [1.29, 1.82) is 0 Å². The lowest BCUT2D eigenvalue weighted by Crippen LogP contribution is -1.61. The second-order valence-corrected chi connectivity index (χ2v) is 3.05. The van der Waals surface area contributed by atoms with E-state index in [2.05, 4.69) is 4.98 Å². The number of halogens is 2. The van der Waals surface area contributed by atoms with E-state index in [4.69, 9.17) is 23.2 Å². The maximum atomic E-state index is 5.84. The summed E-state index contributed by atoms with van der Waals surface area (Å²) in [5, 5.41) is 3.15. The molecule has 1 nitrogen and oxygen atoms in total. The topological polar surface area (TPSA) is 15.8 Å². The zero-order valence-electron chi connectivity index (χ0n) is 5.57. The van der Waals surface area contributed by atoms with E-state index in [0.717, 1.165) is 10.8 Å². The molecule has 0 amide bonds. The fourth-order valence-electron chi connectivity index (χ4n) is 1.10. The minimum Gasteiger partial charge on any atom is -0.336 e. The molecule has 1 heterocycles. The molecule has 2 aromatic rings. The normalized spacial score (nSPS) is 10.7. The van der Waals surface area contributed by atoms with E-state index in [1.54, 1.807) is 0 Å². The zero-order valence-corrected chi connectivity index (χ0v) is 7.08. The average molecular weight is 186 g/mol. The van der Waals surface area contributed by atoms with Crippen LogP contribution in [-0.2, 0) is 0 Å². The molecule has 56 valence electrons. The summed E-state index contributed by atoms with van der Waals surface area (Å²) < 4.78 is 0. The number of aromatic nitrogens is 1. The highest BCUT2D eigenvalue weighted by Crippen LogP contribution is 2.28. The van der Waals surface area contributed by atoms with Crippen molar-refractivity contribution in [3.63, 3.8) is 0 Å². The molecule has 0 bridgehead atoms. The van der Waals surface area contributed by atoms with Gasteiger partial charge in [0.2, 0.25) is 0 Å². The van der Waals surface area contributed by atoms with E-state index in [9.17, 15) is 0 Å². The molecular weight excluding hydrogens is 181 g/mol. The first kappa shape index (κ1) is 7.01. The van der Waals surface area contributed by atoms with Crippen molar-refractivity contribution >= 4 is 34.0 Å². The van der Waals surface area contributed by atoms with Crippen molar-refractivity contribution in [1.82, 2.24) is 4.98 Å². The Kier molecular flexibility index (Phi) is 1.55. The molecule has 0 saturated heterocycles. The van der Waals surface area contributed by atoms with E-state index in [-0.39, 0.29) is 0 Å². The third-order valence-corrected chi connectivity index (χ3v) is 2.22. The number of H-pyrrole nitrogens is 1. The number of hydrogen-bond acceptors (Lipinski definition) is 0. The van der Waals surface area contributed by atoms with Crippen molar-refractivity contribution in [3.05, 3.63) is 34.6 Å². The summed E-state index contributed by atoms with van der Waals surface area (Å²) in [6.45, 7) is 0. The largest absolute Gasteiger partial charge is 0.336 e. The summed E-state index contributed by atoms with van der Waals surface area (Å²) in [5.41, 5.74) is 0. The number of fused-ring (bicyclic) bond motifs is 1. The second-order valence-electron chi connectivity index (χ2n) is 2.30. The lowest BCUT2D eigenvalue weighted by molar-refractivity contribution is 1.42. The fourth-order valence-corrected chi connectivity index (χ4v) is 1.66. The van der Waals surface area contributed by atoms with Gasteiger partial charge in [-0.3, -0.25) is 0 Å². The Morgan fingerprint density at radius 3 is 1.82 bits per heavy atom. The van der Waals surface area contributed by atoms with Gasteiger partial charge in [-0.05, 0) is 0 Å². The predicted octanol–water partition coefficient (Wildman–Crippen LogP) is 3.47. The molecule has 3 heteroatoms. The number of nitrogens with one attached hydrogen (secondary N) is 1. The van der Waals surface area contributed by atoms with Crippen molar-refractivity contribution in [2.75, 3.05) is 0 Å². The van der Waals surface area contributed by atoms with Crippen molar-refractivity contribution in [3.8, 4) is 0 Å². The number of rotatable bonds is 0. The zero-order chi connectivity index (χ0) is 7.84. The molecule has 1 N–H and O–H groups in total. The van der Waals surface area contributed by atoms with E-state index in [1.807, 2.05) is 24.3 Å². The molecule has 11 heavy (non-hydrogen) atoms. The summed E-state index contributed by atoms with van der Waals surface area (Å²) in [4.78, 5) is 2.85. The van der Waals surface area contributed by atoms with Crippen LogP contribution in [0.4, 0.5) is 0 Å². The van der Waals surface area contributed by atoms with Gasteiger partial charge in [0.25, 0.3) is 0 Å². The Hall–Kier alpha value is -0.660. The Morgan fingerprint density at radius 2 is 1.36 bits per heavy atom. The van der Waals surface area contributed by atoms with Gasteiger partial charge in [0.15, 0.2) is 0 Å². The summed E-state index contributed by atoms with van der Waals surface area (Å²) in [6, 6.07) is 7.72. The number of hydrogen-bond donors (Lipinski definition) is 1. The molecule has 0 fully saturated rings. The van der Waals surface area contributed by atoms with Crippen LogP contribution in [0.25, 0.3) is 10.8 Å². The predicted molar refractivity (Wildman–Crippen MR) is 48.3 cm³/mol. The molecule has 0 atom stereocenters. The van der Waals surface area contributed by atoms with Crippen LogP contribution in [-0.4, -0.2) is 4.98 Å². The van der Waals surface area contributed by atoms with Gasteiger partial charge in [0, 0.05) is 10.8 Å². The SMILES string of the molecule is Clc1[nH]c(Cl)c2ccccc12. The third-order valence-electron chi connectivity index (χ3n) is 1.62. The smallest absolute Gasteiger partial charge is 0.115 e. The Labute approximate surface area is 73.9 Å². The van der Waals surface area contributed by atoms with Crippen LogP contribution >= 0.6 is 23.2 Å². The highest BCUT2D eigenvalue weighted by atomic mass is 35.5. The summed E-state index contributed by atoms with van der Waals surface area (Å²) in [5.74, 6) is 0.